The third kappa shape index (κ3) is 6.78. The van der Waals surface area contributed by atoms with Crippen LogP contribution in [0.25, 0.3) is 0 Å². The lowest BCUT2D eigenvalue weighted by molar-refractivity contribution is -0.137. The van der Waals surface area contributed by atoms with Crippen LogP contribution in [0, 0.1) is 12.7 Å². The number of pyridine rings is 1. The van der Waals surface area contributed by atoms with Crippen LogP contribution in [0.3, 0.4) is 0 Å². The van der Waals surface area contributed by atoms with Crippen LogP contribution in [0.2, 0.25) is 5.02 Å². The van der Waals surface area contributed by atoms with Gasteiger partial charge in [0, 0.05) is 70.2 Å². The van der Waals surface area contributed by atoms with E-state index in [2.05, 4.69) is 26.9 Å². The molecule has 3 aliphatic rings. The topological polar surface area (TPSA) is 75.6 Å². The van der Waals surface area contributed by atoms with Crippen molar-refractivity contribution < 1.29 is 27.2 Å². The number of piperidine rings is 1. The number of alkyl halides is 3. The Kier molecular flexibility index (Phi) is 8.96. The molecule has 0 aliphatic carbocycles. The van der Waals surface area contributed by atoms with Gasteiger partial charge in [-0.25, -0.2) is 14.4 Å². The van der Waals surface area contributed by atoms with Crippen LogP contribution in [0.15, 0.2) is 35.4 Å². The second-order valence-electron chi connectivity index (χ2n) is 11.3. The lowest BCUT2D eigenvalue weighted by Gasteiger charge is -2.42. The average molecular weight is 624 g/mol. The molecule has 2 fully saturated rings. The fraction of sp³-hybridized carbons (Fsp3) is 0.517. The van der Waals surface area contributed by atoms with E-state index in [0.29, 0.717) is 19.1 Å². The normalized spacial score (nSPS) is 20.8. The summed E-state index contributed by atoms with van der Waals surface area (Å²) in [5.41, 5.74) is -0.523. The number of hydrogen-bond acceptors (Lipinski definition) is 7. The maximum atomic E-state index is 13.8. The van der Waals surface area contributed by atoms with Crippen molar-refractivity contribution in [3.05, 3.63) is 52.4 Å². The lowest BCUT2D eigenvalue weighted by Crippen LogP contribution is -2.53. The van der Waals surface area contributed by atoms with Gasteiger partial charge in [0.05, 0.1) is 10.6 Å². The summed E-state index contributed by atoms with van der Waals surface area (Å²) in [7, 11) is 3.54. The number of aromatic nitrogens is 1. The highest BCUT2D eigenvalue weighted by Gasteiger charge is 2.42. The molecule has 1 aromatic heterocycles. The molecule has 2 amide bonds. The Bertz CT molecular complexity index is 1410. The molecule has 9 nitrogen and oxygen atoms in total. The number of carbonyl (C=O) groups is 2. The standard InChI is InChI=1S/C29H34ClF4N7O2/c1-18-14-19(29(32,33)34)15-26(35-18)41-25(28(43)38(3)21-4-5-23(31)22(30)16-21)17-24(36-41)27(42)40-8-6-20(7-9-40)39-12-10-37(2)11-13-39/h4-5,14-16,20,25H,6-13,17H2,1-3H3. The molecule has 1 unspecified atom stereocenters. The summed E-state index contributed by atoms with van der Waals surface area (Å²) >= 11 is 5.92. The van der Waals surface area contributed by atoms with Gasteiger partial charge in [0.1, 0.15) is 23.4 Å². The number of hydrazone groups is 1. The Morgan fingerprint density at radius 1 is 1.02 bits per heavy atom. The zero-order valence-corrected chi connectivity index (χ0v) is 25.0. The molecular weight excluding hydrogens is 590 g/mol. The number of aryl methyl sites for hydroxylation is 1. The smallest absolute Gasteiger partial charge is 0.337 e. The van der Waals surface area contributed by atoms with Crippen molar-refractivity contribution in [1.29, 1.82) is 0 Å². The second kappa shape index (κ2) is 12.4. The van der Waals surface area contributed by atoms with Gasteiger partial charge in [0.15, 0.2) is 0 Å². The van der Waals surface area contributed by atoms with Crippen LogP contribution in [0.5, 0.6) is 0 Å². The maximum absolute atomic E-state index is 13.8. The van der Waals surface area contributed by atoms with Gasteiger partial charge in [-0.15, -0.1) is 0 Å². The SMILES string of the molecule is Cc1cc(C(F)(F)F)cc(N2N=C(C(=O)N3CCC(N4CCN(C)CC4)CC3)CC2C(=O)N(C)c2ccc(F)c(Cl)c2)n1. The zero-order chi connectivity index (χ0) is 31.1. The highest BCUT2D eigenvalue weighted by molar-refractivity contribution is 6.40. The third-order valence-corrected chi connectivity index (χ3v) is 8.66. The van der Waals surface area contributed by atoms with Crippen molar-refractivity contribution in [3.63, 3.8) is 0 Å². The van der Waals surface area contributed by atoms with E-state index >= 15 is 0 Å². The molecular formula is C29H34ClF4N7O2. The summed E-state index contributed by atoms with van der Waals surface area (Å²) in [5, 5.41) is 5.31. The summed E-state index contributed by atoms with van der Waals surface area (Å²) < 4.78 is 54.8. The van der Waals surface area contributed by atoms with Gasteiger partial charge in [0.25, 0.3) is 11.8 Å². The van der Waals surface area contributed by atoms with E-state index in [0.717, 1.165) is 62.2 Å². The number of benzene rings is 1. The molecule has 5 rings (SSSR count). The first-order valence-corrected chi connectivity index (χ1v) is 14.6. The number of likely N-dealkylation sites (N-methyl/N-ethyl adjacent to an activating group) is 2. The van der Waals surface area contributed by atoms with Crippen molar-refractivity contribution in [2.45, 2.75) is 44.4 Å². The maximum Gasteiger partial charge on any atom is 0.416 e. The van der Waals surface area contributed by atoms with Gasteiger partial charge in [-0.1, -0.05) is 11.6 Å². The van der Waals surface area contributed by atoms with E-state index < -0.39 is 29.5 Å². The predicted octanol–water partition coefficient (Wildman–Crippen LogP) is 4.04. The second-order valence-corrected chi connectivity index (χ2v) is 11.7. The minimum absolute atomic E-state index is 0.0683. The summed E-state index contributed by atoms with van der Waals surface area (Å²) in [6, 6.07) is 4.70. The highest BCUT2D eigenvalue weighted by Crippen LogP contribution is 2.34. The van der Waals surface area contributed by atoms with Crippen molar-refractivity contribution >= 4 is 40.6 Å². The van der Waals surface area contributed by atoms with Gasteiger partial charge < -0.3 is 14.7 Å². The Hall–Kier alpha value is -3.29. The Balaban J connectivity index is 1.39. The molecule has 2 aromatic rings. The molecule has 232 valence electrons. The molecule has 2 saturated heterocycles. The van der Waals surface area contributed by atoms with Crippen LogP contribution in [-0.4, -0.2) is 103 Å². The Morgan fingerprint density at radius 3 is 2.33 bits per heavy atom. The molecule has 0 saturated carbocycles. The number of hydrogen-bond donors (Lipinski definition) is 0. The number of amides is 2. The first-order chi connectivity index (χ1) is 20.3. The number of halogens is 5. The van der Waals surface area contributed by atoms with Crippen LogP contribution in [0.1, 0.15) is 30.5 Å². The lowest BCUT2D eigenvalue weighted by atomic mass is 10.0. The van der Waals surface area contributed by atoms with Crippen LogP contribution >= 0.6 is 11.6 Å². The van der Waals surface area contributed by atoms with Crippen molar-refractivity contribution in [1.82, 2.24) is 19.7 Å². The number of carbonyl (C=O) groups excluding carboxylic acids is 2. The molecule has 1 atom stereocenters. The van der Waals surface area contributed by atoms with E-state index in [1.165, 1.54) is 31.0 Å². The fourth-order valence-corrected chi connectivity index (χ4v) is 6.00. The fourth-order valence-electron chi connectivity index (χ4n) is 5.82. The number of piperazine rings is 1. The first kappa shape index (κ1) is 31.1. The molecule has 0 spiro atoms. The van der Waals surface area contributed by atoms with Gasteiger partial charge >= 0.3 is 6.18 Å². The molecule has 4 heterocycles. The van der Waals surface area contributed by atoms with E-state index in [-0.39, 0.29) is 40.3 Å². The summed E-state index contributed by atoms with van der Waals surface area (Å²) in [5.74, 6) is -1.79. The van der Waals surface area contributed by atoms with Crippen molar-refractivity contribution in [2.75, 3.05) is 63.3 Å². The average Bonchev–Trinajstić information content (AvgIpc) is 3.43. The number of nitrogens with zero attached hydrogens (tertiary/aromatic N) is 7. The quantitative estimate of drug-likeness (QED) is 0.468. The number of likely N-dealkylation sites (tertiary alicyclic amines) is 1. The van der Waals surface area contributed by atoms with Crippen molar-refractivity contribution in [3.8, 4) is 0 Å². The molecule has 3 aliphatic heterocycles. The largest absolute Gasteiger partial charge is 0.416 e. The van der Waals surface area contributed by atoms with Crippen LogP contribution in [-0.2, 0) is 15.8 Å². The van der Waals surface area contributed by atoms with Gasteiger partial charge in [-0.2, -0.15) is 18.3 Å². The molecule has 14 heteroatoms. The highest BCUT2D eigenvalue weighted by atomic mass is 35.5. The molecule has 0 bridgehead atoms. The third-order valence-electron chi connectivity index (χ3n) is 8.37. The monoisotopic (exact) mass is 623 g/mol. The summed E-state index contributed by atoms with van der Waals surface area (Å²) in [4.78, 5) is 39.3. The van der Waals surface area contributed by atoms with Gasteiger partial charge in [-0.05, 0) is 57.1 Å². The predicted molar refractivity (Wildman–Crippen MR) is 156 cm³/mol. The van der Waals surface area contributed by atoms with Crippen molar-refractivity contribution in [2.24, 2.45) is 5.10 Å². The minimum Gasteiger partial charge on any atom is -0.337 e. The molecule has 0 N–H and O–H groups in total. The van der Waals surface area contributed by atoms with Gasteiger partial charge in [0.2, 0.25) is 0 Å². The van der Waals surface area contributed by atoms with Gasteiger partial charge in [-0.3, -0.25) is 14.5 Å². The Morgan fingerprint density at radius 2 is 1.70 bits per heavy atom. The first-order valence-electron chi connectivity index (χ1n) is 14.2. The molecule has 43 heavy (non-hydrogen) atoms. The van der Waals surface area contributed by atoms with E-state index in [1.54, 1.807) is 4.90 Å². The van der Waals surface area contributed by atoms with E-state index in [9.17, 15) is 27.2 Å². The number of anilines is 2. The summed E-state index contributed by atoms with van der Waals surface area (Å²) in [6.07, 6.45) is -3.18. The molecule has 1 aromatic carbocycles. The zero-order valence-electron chi connectivity index (χ0n) is 24.2. The Labute approximate surface area is 252 Å². The minimum atomic E-state index is -4.65. The van der Waals surface area contributed by atoms with E-state index in [1.807, 2.05) is 0 Å². The van der Waals surface area contributed by atoms with Crippen LogP contribution in [0.4, 0.5) is 29.1 Å². The van der Waals surface area contributed by atoms with E-state index in [4.69, 9.17) is 11.6 Å². The number of rotatable bonds is 5. The van der Waals surface area contributed by atoms with Crippen LogP contribution < -0.4 is 9.91 Å². The summed E-state index contributed by atoms with van der Waals surface area (Å²) in [6.45, 7) is 6.42. The molecule has 0 radical (unpaired) electrons.